The summed E-state index contributed by atoms with van der Waals surface area (Å²) in [6.45, 7) is 0.443. The number of nitrogens with zero attached hydrogens (tertiary/aromatic N) is 1. The third-order valence-corrected chi connectivity index (χ3v) is 6.26. The van der Waals surface area contributed by atoms with Crippen molar-refractivity contribution in [3.8, 4) is 0 Å². The van der Waals surface area contributed by atoms with Crippen LogP contribution in [0.2, 0.25) is 0 Å². The van der Waals surface area contributed by atoms with E-state index >= 15 is 0 Å². The number of hydrogen-bond donors (Lipinski definition) is 0. The van der Waals surface area contributed by atoms with Gasteiger partial charge in [0.05, 0.1) is 5.25 Å². The summed E-state index contributed by atoms with van der Waals surface area (Å²) in [7, 11) is -1.46. The molecule has 18 heavy (non-hydrogen) atoms. The van der Waals surface area contributed by atoms with Crippen molar-refractivity contribution in [1.82, 2.24) is 4.31 Å². The molecule has 1 aromatic carbocycles. The van der Waals surface area contributed by atoms with Gasteiger partial charge in [-0.3, -0.25) is 0 Å². The summed E-state index contributed by atoms with van der Waals surface area (Å²) in [5.41, 5.74) is 1.01. The molecule has 5 heteroatoms. The van der Waals surface area contributed by atoms with Gasteiger partial charge in [0.25, 0.3) is 0 Å². The van der Waals surface area contributed by atoms with Crippen LogP contribution in [-0.4, -0.2) is 25.0 Å². The summed E-state index contributed by atoms with van der Waals surface area (Å²) in [4.78, 5) is 0. The Hall–Kier alpha value is -0.390. The normalized spacial score (nSPS) is 17.5. The first-order chi connectivity index (χ1) is 8.50. The van der Waals surface area contributed by atoms with Gasteiger partial charge in [-0.25, -0.2) is 12.7 Å². The lowest BCUT2D eigenvalue weighted by Gasteiger charge is -2.21. The molecule has 0 bridgehead atoms. The van der Waals surface area contributed by atoms with Gasteiger partial charge in [-0.15, -0.1) is 0 Å². The zero-order chi connectivity index (χ0) is 13.2. The van der Waals surface area contributed by atoms with Crippen molar-refractivity contribution in [1.29, 1.82) is 0 Å². The molecule has 2 rings (SSSR count). The fourth-order valence-electron chi connectivity index (χ4n) is 2.42. The van der Waals surface area contributed by atoms with Gasteiger partial charge in [0.1, 0.15) is 0 Å². The molecule has 1 aromatic rings. The number of hydrogen-bond acceptors (Lipinski definition) is 2. The van der Waals surface area contributed by atoms with Gasteiger partial charge < -0.3 is 0 Å². The molecule has 0 unspecified atom stereocenters. The first-order valence-corrected chi connectivity index (χ1v) is 8.49. The molecule has 3 nitrogen and oxygen atoms in total. The highest BCUT2D eigenvalue weighted by Gasteiger charge is 2.31. The van der Waals surface area contributed by atoms with E-state index in [1.165, 1.54) is 4.31 Å². The van der Waals surface area contributed by atoms with Crippen molar-refractivity contribution in [3.63, 3.8) is 0 Å². The van der Waals surface area contributed by atoms with Crippen molar-refractivity contribution < 1.29 is 8.42 Å². The maximum Gasteiger partial charge on any atom is 0.217 e. The predicted molar refractivity (Wildman–Crippen MR) is 76.8 cm³/mol. The van der Waals surface area contributed by atoms with Crippen LogP contribution in [0.3, 0.4) is 0 Å². The lowest BCUT2D eigenvalue weighted by molar-refractivity contribution is 0.455. The second-order valence-corrected chi connectivity index (χ2v) is 8.07. The minimum Gasteiger partial charge on any atom is -0.212 e. The van der Waals surface area contributed by atoms with Crippen molar-refractivity contribution in [2.45, 2.75) is 37.5 Å². The predicted octanol–water partition coefficient (Wildman–Crippen LogP) is 3.15. The van der Waals surface area contributed by atoms with Crippen LogP contribution in [0.4, 0.5) is 0 Å². The average Bonchev–Trinajstić information content (AvgIpc) is 2.82. The van der Waals surface area contributed by atoms with E-state index in [1.807, 2.05) is 24.3 Å². The number of rotatable bonds is 4. The van der Waals surface area contributed by atoms with Gasteiger partial charge in [0.2, 0.25) is 10.0 Å². The molecular weight excluding hydrogens is 314 g/mol. The summed E-state index contributed by atoms with van der Waals surface area (Å²) >= 11 is 3.40. The Kier molecular flexibility index (Phi) is 4.45. The van der Waals surface area contributed by atoms with E-state index in [2.05, 4.69) is 15.9 Å². The average molecular weight is 332 g/mol. The van der Waals surface area contributed by atoms with Crippen LogP contribution in [-0.2, 0) is 16.6 Å². The summed E-state index contributed by atoms with van der Waals surface area (Å²) in [6, 6.07) is 7.77. The standard InChI is InChI=1S/C13H18BrNO2S/c1-15(10-11-5-4-6-12(14)9-11)18(16,17)13-7-2-3-8-13/h4-6,9,13H,2-3,7-8,10H2,1H3. The number of sulfonamides is 1. The summed E-state index contributed by atoms with van der Waals surface area (Å²) in [5.74, 6) is 0. The topological polar surface area (TPSA) is 37.4 Å². The molecule has 1 aliphatic rings. The van der Waals surface area contributed by atoms with Crippen LogP contribution in [0.25, 0.3) is 0 Å². The lowest BCUT2D eigenvalue weighted by Crippen LogP contribution is -2.34. The molecule has 1 fully saturated rings. The Morgan fingerprint density at radius 2 is 2.00 bits per heavy atom. The van der Waals surface area contributed by atoms with Crippen LogP contribution < -0.4 is 0 Å². The van der Waals surface area contributed by atoms with Crippen LogP contribution in [0.15, 0.2) is 28.7 Å². The van der Waals surface area contributed by atoms with E-state index in [9.17, 15) is 8.42 Å². The monoisotopic (exact) mass is 331 g/mol. The minimum absolute atomic E-state index is 0.172. The van der Waals surface area contributed by atoms with Crippen LogP contribution in [0, 0.1) is 0 Å². The first-order valence-electron chi connectivity index (χ1n) is 6.20. The molecule has 100 valence electrons. The first kappa shape index (κ1) is 14.0. The van der Waals surface area contributed by atoms with E-state index in [1.54, 1.807) is 7.05 Å². The van der Waals surface area contributed by atoms with Crippen molar-refractivity contribution >= 4 is 26.0 Å². The zero-order valence-corrected chi connectivity index (χ0v) is 12.9. The SMILES string of the molecule is CN(Cc1cccc(Br)c1)S(=O)(=O)C1CCCC1. The molecule has 0 radical (unpaired) electrons. The van der Waals surface area contributed by atoms with Crippen LogP contribution in [0.5, 0.6) is 0 Å². The fourth-order valence-corrected chi connectivity index (χ4v) is 4.64. The second kappa shape index (κ2) is 5.72. The second-order valence-electron chi connectivity index (χ2n) is 4.84. The molecule has 0 heterocycles. The third-order valence-electron chi connectivity index (χ3n) is 3.45. The van der Waals surface area contributed by atoms with Crippen molar-refractivity contribution in [3.05, 3.63) is 34.3 Å². The molecule has 0 N–H and O–H groups in total. The Bertz CT molecular complexity index is 509. The van der Waals surface area contributed by atoms with Gasteiger partial charge in [-0.05, 0) is 30.5 Å². The maximum absolute atomic E-state index is 12.3. The number of benzene rings is 1. The molecule has 0 aliphatic heterocycles. The lowest BCUT2D eigenvalue weighted by atomic mass is 10.2. The van der Waals surface area contributed by atoms with Gasteiger partial charge in [0.15, 0.2) is 0 Å². The largest absolute Gasteiger partial charge is 0.217 e. The Morgan fingerprint density at radius 3 is 2.61 bits per heavy atom. The van der Waals surface area contributed by atoms with Crippen LogP contribution in [0.1, 0.15) is 31.2 Å². The molecule has 1 aliphatic carbocycles. The molecular formula is C13H18BrNO2S. The number of halogens is 1. The van der Waals surface area contributed by atoms with Gasteiger partial charge >= 0.3 is 0 Å². The van der Waals surface area contributed by atoms with E-state index in [4.69, 9.17) is 0 Å². The van der Waals surface area contributed by atoms with E-state index < -0.39 is 10.0 Å². The highest BCUT2D eigenvalue weighted by Crippen LogP contribution is 2.27. The molecule has 0 atom stereocenters. The quantitative estimate of drug-likeness (QED) is 0.849. The molecule has 0 spiro atoms. The van der Waals surface area contributed by atoms with E-state index in [0.29, 0.717) is 6.54 Å². The Labute approximate surface area is 117 Å². The highest BCUT2D eigenvalue weighted by atomic mass is 79.9. The van der Waals surface area contributed by atoms with Gasteiger partial charge in [0, 0.05) is 18.1 Å². The van der Waals surface area contributed by atoms with Crippen molar-refractivity contribution in [2.75, 3.05) is 7.05 Å². The summed E-state index contributed by atoms with van der Waals surface area (Å²) < 4.78 is 27.1. The highest BCUT2D eigenvalue weighted by molar-refractivity contribution is 9.10. The van der Waals surface area contributed by atoms with Gasteiger partial charge in [-0.1, -0.05) is 40.9 Å². The van der Waals surface area contributed by atoms with Crippen LogP contribution >= 0.6 is 15.9 Å². The Balaban J connectivity index is 2.09. The van der Waals surface area contributed by atoms with E-state index in [-0.39, 0.29) is 5.25 Å². The smallest absolute Gasteiger partial charge is 0.212 e. The molecule has 0 aromatic heterocycles. The molecule has 0 amide bonds. The van der Waals surface area contributed by atoms with E-state index in [0.717, 1.165) is 35.7 Å². The molecule has 0 saturated heterocycles. The maximum atomic E-state index is 12.3. The zero-order valence-electron chi connectivity index (χ0n) is 10.5. The summed E-state index contributed by atoms with van der Waals surface area (Å²) in [5, 5.41) is -0.172. The molecule has 1 saturated carbocycles. The minimum atomic E-state index is -3.13. The third kappa shape index (κ3) is 3.13. The Morgan fingerprint density at radius 1 is 1.33 bits per heavy atom. The van der Waals surface area contributed by atoms with Gasteiger partial charge in [-0.2, -0.15) is 0 Å². The summed E-state index contributed by atoms with van der Waals surface area (Å²) in [6.07, 6.45) is 3.69. The van der Waals surface area contributed by atoms with Crippen molar-refractivity contribution in [2.24, 2.45) is 0 Å². The fraction of sp³-hybridized carbons (Fsp3) is 0.538.